The Bertz CT molecular complexity index is 568. The summed E-state index contributed by atoms with van der Waals surface area (Å²) >= 11 is -0.0508. The van der Waals surface area contributed by atoms with Gasteiger partial charge in [0.1, 0.15) is 0 Å². The van der Waals surface area contributed by atoms with Crippen molar-refractivity contribution in [2.45, 2.75) is 37.9 Å². The van der Waals surface area contributed by atoms with Crippen LogP contribution in [0.2, 0.25) is 0 Å². The van der Waals surface area contributed by atoms with Crippen LogP contribution in [-0.2, 0) is 11.8 Å². The van der Waals surface area contributed by atoms with Gasteiger partial charge >= 0.3 is 141 Å². The topological polar surface area (TPSA) is 3.24 Å². The minimum atomic E-state index is -0.0508. The Balaban J connectivity index is 1.51. The van der Waals surface area contributed by atoms with Crippen LogP contribution in [0, 0.1) is 6.92 Å². The van der Waals surface area contributed by atoms with E-state index < -0.39 is 0 Å². The normalized spacial score (nSPS) is 16.4. The second-order valence-corrected chi connectivity index (χ2v) is 9.07. The second-order valence-electron chi connectivity index (χ2n) is 6.37. The summed E-state index contributed by atoms with van der Waals surface area (Å²) in [7, 11) is 0. The number of likely N-dealkylation sites (tertiary alicyclic amines) is 1. The van der Waals surface area contributed by atoms with Crippen LogP contribution in [0.4, 0.5) is 0 Å². The molecule has 22 heavy (non-hydrogen) atoms. The van der Waals surface area contributed by atoms with Crippen molar-refractivity contribution < 1.29 is 0 Å². The maximum atomic E-state index is 2.60. The van der Waals surface area contributed by atoms with Gasteiger partial charge in [-0.05, 0) is 0 Å². The first-order chi connectivity index (χ1) is 10.8. The molecule has 1 unspecified atom stereocenters. The molecule has 1 heterocycles. The van der Waals surface area contributed by atoms with Crippen molar-refractivity contribution in [2.75, 3.05) is 13.1 Å². The summed E-state index contributed by atoms with van der Waals surface area (Å²) in [5.74, 6) is 0. The van der Waals surface area contributed by atoms with Crippen LogP contribution in [0.1, 0.15) is 36.0 Å². The number of hydrogen-bond acceptors (Lipinski definition) is 1. The van der Waals surface area contributed by atoms with Gasteiger partial charge in [0, 0.05) is 0 Å². The van der Waals surface area contributed by atoms with E-state index >= 15 is 0 Å². The maximum absolute atomic E-state index is 2.60. The van der Waals surface area contributed by atoms with Crippen molar-refractivity contribution in [1.82, 2.24) is 4.90 Å². The third-order valence-corrected chi connectivity index (χ3v) is 7.21. The first-order valence-corrected chi connectivity index (χ1v) is 10.9. The first-order valence-electron chi connectivity index (χ1n) is 8.40. The van der Waals surface area contributed by atoms with Gasteiger partial charge in [-0.2, -0.15) is 0 Å². The molecule has 0 aliphatic carbocycles. The minimum absolute atomic E-state index is 0.0508. The first kappa shape index (κ1) is 15.8. The average Bonchev–Trinajstić information content (AvgIpc) is 2.57. The molecule has 1 saturated heterocycles. The molecule has 0 N–H and O–H groups in total. The third kappa shape index (κ3) is 4.73. The molecule has 0 saturated carbocycles. The molecule has 1 aliphatic heterocycles. The van der Waals surface area contributed by atoms with E-state index in [1.165, 1.54) is 54.3 Å². The van der Waals surface area contributed by atoms with Crippen LogP contribution in [-0.4, -0.2) is 33.7 Å². The van der Waals surface area contributed by atoms with Crippen molar-refractivity contribution in [3.63, 3.8) is 0 Å². The van der Waals surface area contributed by atoms with E-state index in [2.05, 4.69) is 60.4 Å². The van der Waals surface area contributed by atoms with Crippen LogP contribution in [0.15, 0.2) is 48.5 Å². The van der Waals surface area contributed by atoms with E-state index in [9.17, 15) is 0 Å². The Morgan fingerprint density at radius 2 is 1.45 bits per heavy atom. The zero-order chi connectivity index (χ0) is 15.2. The van der Waals surface area contributed by atoms with Gasteiger partial charge in [0.2, 0.25) is 0 Å². The quantitative estimate of drug-likeness (QED) is 0.745. The van der Waals surface area contributed by atoms with E-state index in [0.29, 0.717) is 0 Å². The second kappa shape index (κ2) is 7.99. The Morgan fingerprint density at radius 3 is 2.14 bits per heavy atom. The molecule has 2 aromatic carbocycles. The standard InChI is InChI=1S/C20H26AsN/c1-17-5-7-18(8-6-17)15-21-20-11-9-19(10-12-20)16-22-13-3-2-4-14-22/h5-12,21H,2-4,13-16H2,1H3. The Labute approximate surface area is 141 Å². The molecule has 0 aromatic heterocycles. The van der Waals surface area contributed by atoms with Gasteiger partial charge < -0.3 is 0 Å². The van der Waals surface area contributed by atoms with Gasteiger partial charge in [-0.1, -0.05) is 0 Å². The van der Waals surface area contributed by atoms with E-state index in [0.717, 1.165) is 6.54 Å². The fourth-order valence-electron chi connectivity index (χ4n) is 3.01. The van der Waals surface area contributed by atoms with Crippen LogP contribution in [0.5, 0.6) is 0 Å². The summed E-state index contributed by atoms with van der Waals surface area (Å²) in [6.07, 6.45) is 4.17. The molecule has 0 radical (unpaired) electrons. The van der Waals surface area contributed by atoms with Crippen molar-refractivity contribution in [2.24, 2.45) is 0 Å². The van der Waals surface area contributed by atoms with E-state index in [1.807, 2.05) is 0 Å². The number of aryl methyl sites for hydroxylation is 1. The zero-order valence-electron chi connectivity index (χ0n) is 13.5. The van der Waals surface area contributed by atoms with Crippen LogP contribution < -0.4 is 4.35 Å². The van der Waals surface area contributed by atoms with Crippen molar-refractivity contribution in [3.8, 4) is 0 Å². The molecule has 3 rings (SSSR count). The predicted molar refractivity (Wildman–Crippen MR) is 97.2 cm³/mol. The summed E-state index contributed by atoms with van der Waals surface area (Å²) in [6.45, 7) is 5.85. The summed E-state index contributed by atoms with van der Waals surface area (Å²) in [4.78, 5) is 2.60. The van der Waals surface area contributed by atoms with Crippen LogP contribution in [0.25, 0.3) is 0 Å². The van der Waals surface area contributed by atoms with Gasteiger partial charge in [-0.25, -0.2) is 0 Å². The van der Waals surface area contributed by atoms with Gasteiger partial charge in [-0.15, -0.1) is 0 Å². The van der Waals surface area contributed by atoms with E-state index in [4.69, 9.17) is 0 Å². The molecule has 116 valence electrons. The van der Waals surface area contributed by atoms with Crippen LogP contribution >= 0.6 is 0 Å². The SMILES string of the molecule is Cc1ccc(C[AsH]c2ccc(CN3CCCCC3)cc2)cc1. The van der Waals surface area contributed by atoms with Gasteiger partial charge in [0.25, 0.3) is 0 Å². The molecule has 0 bridgehead atoms. The molecule has 1 nitrogen and oxygen atoms in total. The molecule has 0 spiro atoms. The number of benzene rings is 2. The fourth-order valence-corrected chi connectivity index (χ4v) is 5.21. The summed E-state index contributed by atoms with van der Waals surface area (Å²) in [5.41, 5.74) is 4.32. The number of rotatable bonds is 5. The summed E-state index contributed by atoms with van der Waals surface area (Å²) < 4.78 is 1.57. The average molecular weight is 355 g/mol. The summed E-state index contributed by atoms with van der Waals surface area (Å²) in [5, 5.41) is 1.26. The molecular formula is C20H26AsN. The fraction of sp³-hybridized carbons (Fsp3) is 0.400. The molecule has 1 atom stereocenters. The van der Waals surface area contributed by atoms with Crippen LogP contribution in [0.3, 0.4) is 0 Å². The van der Waals surface area contributed by atoms with Crippen molar-refractivity contribution in [3.05, 3.63) is 65.2 Å². The van der Waals surface area contributed by atoms with Crippen molar-refractivity contribution >= 4 is 20.1 Å². The summed E-state index contributed by atoms with van der Waals surface area (Å²) in [6, 6.07) is 18.5. The van der Waals surface area contributed by atoms with Crippen molar-refractivity contribution in [1.29, 1.82) is 0 Å². The number of nitrogens with zero attached hydrogens (tertiary/aromatic N) is 1. The predicted octanol–water partition coefficient (Wildman–Crippen LogP) is 3.24. The van der Waals surface area contributed by atoms with Gasteiger partial charge in [-0.3, -0.25) is 0 Å². The molecular weight excluding hydrogens is 329 g/mol. The van der Waals surface area contributed by atoms with E-state index in [-0.39, 0.29) is 15.8 Å². The molecule has 0 amide bonds. The number of hydrogen-bond donors (Lipinski definition) is 0. The molecule has 2 aromatic rings. The Kier molecular flexibility index (Phi) is 5.75. The Hall–Kier alpha value is -1.04. The number of piperidine rings is 1. The van der Waals surface area contributed by atoms with Gasteiger partial charge in [0.15, 0.2) is 0 Å². The third-order valence-electron chi connectivity index (χ3n) is 4.43. The molecule has 1 fully saturated rings. The molecule has 1 aliphatic rings. The monoisotopic (exact) mass is 355 g/mol. The Morgan fingerprint density at radius 1 is 0.818 bits per heavy atom. The van der Waals surface area contributed by atoms with Gasteiger partial charge in [0.05, 0.1) is 0 Å². The zero-order valence-corrected chi connectivity index (χ0v) is 15.6. The molecule has 2 heteroatoms. The van der Waals surface area contributed by atoms with E-state index in [1.54, 1.807) is 4.35 Å².